The Kier molecular flexibility index (Phi) is 10.7. The number of carbonyl (C=O) groups excluding carboxylic acids is 2. The number of aliphatic carboxylic acids is 2. The summed E-state index contributed by atoms with van der Waals surface area (Å²) in [4.78, 5) is 48.6. The number of hydrogen-bond donors (Lipinski definition) is 2. The summed E-state index contributed by atoms with van der Waals surface area (Å²) >= 11 is 0. The maximum atomic E-state index is 12.4. The van der Waals surface area contributed by atoms with Gasteiger partial charge in [0.1, 0.15) is 43.3 Å². The van der Waals surface area contributed by atoms with Crippen LogP contribution in [-0.4, -0.2) is 60.5 Å². The van der Waals surface area contributed by atoms with Crippen LogP contribution in [0.2, 0.25) is 0 Å². The van der Waals surface area contributed by atoms with E-state index in [9.17, 15) is 29.4 Å². The summed E-state index contributed by atoms with van der Waals surface area (Å²) in [7, 11) is 0. The molecule has 0 amide bonds. The van der Waals surface area contributed by atoms with Crippen molar-refractivity contribution in [2.45, 2.75) is 26.7 Å². The van der Waals surface area contributed by atoms with Gasteiger partial charge in [0, 0.05) is 5.57 Å². The van der Waals surface area contributed by atoms with Crippen molar-refractivity contribution in [3.8, 4) is 11.5 Å². The molecule has 2 aromatic rings. The van der Waals surface area contributed by atoms with Gasteiger partial charge in [-0.3, -0.25) is 14.4 Å². The van der Waals surface area contributed by atoms with Gasteiger partial charge in [-0.05, 0) is 38.1 Å². The maximum absolute atomic E-state index is 12.4. The minimum atomic E-state index is -2.46. The number of hydrogen-bond acceptors (Lipinski definition) is 8. The Labute approximate surface area is 214 Å². The molecule has 0 heterocycles. The lowest BCUT2D eigenvalue weighted by atomic mass is 9.75. The van der Waals surface area contributed by atoms with E-state index in [1.165, 1.54) is 0 Å². The SMILES string of the molecule is C=C(C(=O)O)C(CC(=O)OCCOc1ccc(C)cc1)(CC(=O)OCCOc1ccc(C)cc1)C(=O)O. The molecular weight excluding hydrogens is 484 g/mol. The lowest BCUT2D eigenvalue weighted by molar-refractivity contribution is -0.163. The molecule has 0 saturated heterocycles. The quantitative estimate of drug-likeness (QED) is 0.206. The van der Waals surface area contributed by atoms with Crippen LogP contribution in [0.25, 0.3) is 0 Å². The molecule has 10 heteroatoms. The minimum Gasteiger partial charge on any atom is -0.490 e. The van der Waals surface area contributed by atoms with Crippen LogP contribution in [0.5, 0.6) is 11.5 Å². The molecule has 0 unspecified atom stereocenters. The third-order valence-electron chi connectivity index (χ3n) is 5.41. The lowest BCUT2D eigenvalue weighted by Crippen LogP contribution is -2.41. The van der Waals surface area contributed by atoms with E-state index in [-0.39, 0.29) is 26.4 Å². The number of aryl methyl sites for hydroxylation is 2. The first-order valence-corrected chi connectivity index (χ1v) is 11.4. The van der Waals surface area contributed by atoms with Gasteiger partial charge >= 0.3 is 23.9 Å². The number of carbonyl (C=O) groups is 4. The van der Waals surface area contributed by atoms with Crippen molar-refractivity contribution in [2.24, 2.45) is 5.41 Å². The third kappa shape index (κ3) is 8.99. The highest BCUT2D eigenvalue weighted by Crippen LogP contribution is 2.36. The van der Waals surface area contributed by atoms with Gasteiger partial charge in [-0.2, -0.15) is 0 Å². The number of carboxylic acid groups (broad SMARTS) is 2. The predicted octanol–water partition coefficient (Wildman–Crippen LogP) is 3.34. The molecule has 198 valence electrons. The first kappa shape index (κ1) is 28.9. The molecule has 0 aliphatic rings. The molecule has 0 aliphatic carbocycles. The molecular formula is C27H30O10. The first-order valence-electron chi connectivity index (χ1n) is 11.4. The Morgan fingerprint density at radius 2 is 1.08 bits per heavy atom. The standard InChI is InChI=1S/C27H30O10/c1-18-4-8-21(9-5-18)34-12-14-36-23(28)16-27(26(32)33,20(3)25(30)31)17-24(29)37-15-13-35-22-10-6-19(2)7-11-22/h4-11H,3,12-17H2,1-2H3,(H,30,31)(H,32,33). The zero-order valence-corrected chi connectivity index (χ0v) is 20.7. The van der Waals surface area contributed by atoms with E-state index < -0.39 is 47.7 Å². The normalized spacial score (nSPS) is 10.8. The van der Waals surface area contributed by atoms with Gasteiger partial charge < -0.3 is 29.2 Å². The van der Waals surface area contributed by atoms with Crippen molar-refractivity contribution >= 4 is 23.9 Å². The van der Waals surface area contributed by atoms with Crippen molar-refractivity contribution in [2.75, 3.05) is 26.4 Å². The lowest BCUT2D eigenvalue weighted by Gasteiger charge is -2.27. The molecule has 2 aromatic carbocycles. The Morgan fingerprint density at radius 3 is 1.41 bits per heavy atom. The van der Waals surface area contributed by atoms with Crippen molar-refractivity contribution < 1.29 is 48.3 Å². The average molecular weight is 515 g/mol. The van der Waals surface area contributed by atoms with Crippen LogP contribution < -0.4 is 9.47 Å². The number of ether oxygens (including phenoxy) is 4. The van der Waals surface area contributed by atoms with E-state index in [1.54, 1.807) is 24.3 Å². The number of rotatable bonds is 15. The van der Waals surface area contributed by atoms with Crippen LogP contribution in [0.1, 0.15) is 24.0 Å². The van der Waals surface area contributed by atoms with Crippen molar-refractivity contribution in [1.82, 2.24) is 0 Å². The summed E-state index contributed by atoms with van der Waals surface area (Å²) in [6.45, 7) is 6.66. The highest BCUT2D eigenvalue weighted by molar-refractivity contribution is 6.00. The molecule has 0 radical (unpaired) electrons. The van der Waals surface area contributed by atoms with Gasteiger partial charge in [0.05, 0.1) is 12.8 Å². The molecule has 0 spiro atoms. The van der Waals surface area contributed by atoms with E-state index in [0.717, 1.165) is 11.1 Å². The molecule has 0 aromatic heterocycles. The van der Waals surface area contributed by atoms with E-state index in [4.69, 9.17) is 18.9 Å². The zero-order chi connectivity index (χ0) is 27.4. The second kappa shape index (κ2) is 13.7. The van der Waals surface area contributed by atoms with E-state index in [1.807, 2.05) is 38.1 Å². The molecule has 2 rings (SSSR count). The smallest absolute Gasteiger partial charge is 0.332 e. The molecule has 37 heavy (non-hydrogen) atoms. The van der Waals surface area contributed by atoms with Gasteiger partial charge in [-0.1, -0.05) is 42.0 Å². The highest BCUT2D eigenvalue weighted by atomic mass is 16.6. The average Bonchev–Trinajstić information content (AvgIpc) is 2.85. The van der Waals surface area contributed by atoms with Gasteiger partial charge in [-0.15, -0.1) is 0 Å². The van der Waals surface area contributed by atoms with Crippen LogP contribution in [0.3, 0.4) is 0 Å². The van der Waals surface area contributed by atoms with Gasteiger partial charge in [-0.25, -0.2) is 4.79 Å². The summed E-state index contributed by atoms with van der Waals surface area (Å²) in [5.41, 5.74) is -1.23. The van der Waals surface area contributed by atoms with E-state index >= 15 is 0 Å². The summed E-state index contributed by atoms with van der Waals surface area (Å²) in [6, 6.07) is 14.3. The van der Waals surface area contributed by atoms with Crippen molar-refractivity contribution in [3.63, 3.8) is 0 Å². The molecule has 0 aliphatic heterocycles. The van der Waals surface area contributed by atoms with Crippen molar-refractivity contribution in [3.05, 3.63) is 71.8 Å². The highest BCUT2D eigenvalue weighted by Gasteiger charge is 2.49. The fourth-order valence-corrected chi connectivity index (χ4v) is 3.25. The summed E-state index contributed by atoms with van der Waals surface area (Å²) < 4.78 is 20.9. The maximum Gasteiger partial charge on any atom is 0.332 e. The fourth-order valence-electron chi connectivity index (χ4n) is 3.25. The Bertz CT molecular complexity index is 1040. The number of benzene rings is 2. The minimum absolute atomic E-state index is 0.0161. The molecule has 0 saturated carbocycles. The van der Waals surface area contributed by atoms with Crippen LogP contribution in [0.15, 0.2) is 60.7 Å². The molecule has 0 atom stereocenters. The second-order valence-electron chi connectivity index (χ2n) is 8.29. The van der Waals surface area contributed by atoms with Crippen LogP contribution in [-0.2, 0) is 28.7 Å². The molecule has 0 bridgehead atoms. The Balaban J connectivity index is 1.94. The fraction of sp³-hybridized carbons (Fsp3) is 0.333. The molecule has 2 N–H and O–H groups in total. The Hall–Kier alpha value is -4.34. The largest absolute Gasteiger partial charge is 0.490 e. The van der Waals surface area contributed by atoms with Crippen LogP contribution in [0, 0.1) is 19.3 Å². The second-order valence-corrected chi connectivity index (χ2v) is 8.29. The van der Waals surface area contributed by atoms with Crippen LogP contribution in [0.4, 0.5) is 0 Å². The first-order chi connectivity index (χ1) is 17.5. The topological polar surface area (TPSA) is 146 Å². The van der Waals surface area contributed by atoms with Crippen molar-refractivity contribution in [1.29, 1.82) is 0 Å². The monoisotopic (exact) mass is 514 g/mol. The zero-order valence-electron chi connectivity index (χ0n) is 20.7. The van der Waals surface area contributed by atoms with Crippen LogP contribution >= 0.6 is 0 Å². The number of carboxylic acids is 2. The van der Waals surface area contributed by atoms with Gasteiger partial charge in [0.15, 0.2) is 0 Å². The third-order valence-corrected chi connectivity index (χ3v) is 5.41. The summed E-state index contributed by atoms with van der Waals surface area (Å²) in [6.07, 6.45) is -1.88. The number of esters is 2. The van der Waals surface area contributed by atoms with E-state index in [0.29, 0.717) is 11.5 Å². The van der Waals surface area contributed by atoms with E-state index in [2.05, 4.69) is 6.58 Å². The molecule has 0 fully saturated rings. The van der Waals surface area contributed by atoms with Gasteiger partial charge in [0.25, 0.3) is 0 Å². The predicted molar refractivity (Wildman–Crippen MR) is 131 cm³/mol. The molecule has 10 nitrogen and oxygen atoms in total. The Morgan fingerprint density at radius 1 is 0.703 bits per heavy atom. The summed E-state index contributed by atoms with van der Waals surface area (Å²) in [5.74, 6) is -4.36. The summed E-state index contributed by atoms with van der Waals surface area (Å²) in [5, 5.41) is 19.2. The van der Waals surface area contributed by atoms with Gasteiger partial charge in [0.2, 0.25) is 0 Å².